The number of hydrogen-bond acceptors (Lipinski definition) is 2. The van der Waals surface area contributed by atoms with Gasteiger partial charge in [-0.3, -0.25) is 0 Å². The molecule has 2 aliphatic carbocycles. The number of hydrogen-bond donors (Lipinski definition) is 2. The first-order chi connectivity index (χ1) is 23.0. The van der Waals surface area contributed by atoms with Crippen LogP contribution in [0.25, 0.3) is 0 Å². The van der Waals surface area contributed by atoms with E-state index in [4.69, 9.17) is 11.5 Å². The molecule has 0 heterocycles. The van der Waals surface area contributed by atoms with Crippen LogP contribution < -0.4 is 11.5 Å². The Balaban J connectivity index is 1.12. The number of nitrogens with two attached hydrogens (primary N) is 2. The highest BCUT2D eigenvalue weighted by Gasteiger charge is 2.38. The van der Waals surface area contributed by atoms with Gasteiger partial charge in [0, 0.05) is 16.8 Å². The summed E-state index contributed by atoms with van der Waals surface area (Å²) < 4.78 is 0. The summed E-state index contributed by atoms with van der Waals surface area (Å²) in [6.07, 6.45) is 21.6. The maximum Gasteiger partial charge on any atom is 0.0314 e. The molecule has 2 heteroatoms. The van der Waals surface area contributed by atoms with Crippen molar-refractivity contribution >= 4 is 11.4 Å². The molecule has 0 atom stereocenters. The quantitative estimate of drug-likeness (QED) is 0.115. The zero-order chi connectivity index (χ0) is 32.5. The van der Waals surface area contributed by atoms with Crippen LogP contribution in [0.5, 0.6) is 0 Å². The van der Waals surface area contributed by atoms with Crippen molar-refractivity contribution < 1.29 is 0 Å². The Bertz CT molecular complexity index is 1390. The van der Waals surface area contributed by atoms with E-state index in [0.717, 1.165) is 42.0 Å². The van der Waals surface area contributed by atoms with Gasteiger partial charge in [0.1, 0.15) is 0 Å². The van der Waals surface area contributed by atoms with Crippen LogP contribution in [0.2, 0.25) is 0 Å². The van der Waals surface area contributed by atoms with Crippen LogP contribution in [0.3, 0.4) is 0 Å². The predicted molar refractivity (Wildman–Crippen MR) is 202 cm³/mol. The standard InChI is InChI=1S/C45H58N2/c1-2-3-4-5-34-6-8-35(9-7-34)10-11-36-28-30-45(31-29-36,41-20-12-37(13-21-41)32-39-16-24-43(46)25-17-39)42-22-14-38(15-23-42)33-40-18-26-44(47)27-19-40/h12-27,34-36H,2-11,28-33,46-47H2,1H3/t34-,35-. The molecule has 0 saturated heterocycles. The Morgan fingerprint density at radius 1 is 0.468 bits per heavy atom. The van der Waals surface area contributed by atoms with Crippen molar-refractivity contribution in [2.45, 2.75) is 115 Å². The molecule has 0 unspecified atom stereocenters. The molecule has 248 valence electrons. The van der Waals surface area contributed by atoms with Gasteiger partial charge in [-0.05, 0) is 114 Å². The molecular weight excluding hydrogens is 569 g/mol. The van der Waals surface area contributed by atoms with Crippen LogP contribution in [-0.4, -0.2) is 0 Å². The van der Waals surface area contributed by atoms with Crippen LogP contribution in [0.1, 0.15) is 130 Å². The minimum atomic E-state index is 0.0898. The molecule has 0 aromatic heterocycles. The molecule has 0 radical (unpaired) electrons. The maximum atomic E-state index is 5.93. The van der Waals surface area contributed by atoms with Gasteiger partial charge in [-0.2, -0.15) is 0 Å². The fourth-order valence-corrected chi connectivity index (χ4v) is 8.79. The molecular formula is C45H58N2. The molecule has 0 spiro atoms. The largest absolute Gasteiger partial charge is 0.399 e. The normalized spacial score (nSPS) is 19.9. The molecule has 0 aliphatic heterocycles. The third-order valence-electron chi connectivity index (χ3n) is 11.9. The van der Waals surface area contributed by atoms with Crippen molar-refractivity contribution in [3.05, 3.63) is 130 Å². The van der Waals surface area contributed by atoms with Crippen molar-refractivity contribution in [1.29, 1.82) is 0 Å². The second-order valence-corrected chi connectivity index (χ2v) is 15.2. The molecule has 2 nitrogen and oxygen atoms in total. The minimum absolute atomic E-state index is 0.0898. The van der Waals surface area contributed by atoms with Gasteiger partial charge >= 0.3 is 0 Å². The summed E-state index contributed by atoms with van der Waals surface area (Å²) in [7, 11) is 0. The van der Waals surface area contributed by atoms with E-state index in [-0.39, 0.29) is 5.41 Å². The van der Waals surface area contributed by atoms with Crippen LogP contribution in [-0.2, 0) is 18.3 Å². The lowest BCUT2D eigenvalue weighted by atomic mass is 9.62. The lowest BCUT2D eigenvalue weighted by Gasteiger charge is -2.42. The fraction of sp³-hybridized carbons (Fsp3) is 0.467. The third-order valence-corrected chi connectivity index (χ3v) is 11.9. The summed E-state index contributed by atoms with van der Waals surface area (Å²) in [5.41, 5.74) is 21.9. The highest BCUT2D eigenvalue weighted by molar-refractivity contribution is 5.45. The zero-order valence-electron chi connectivity index (χ0n) is 28.9. The lowest BCUT2D eigenvalue weighted by molar-refractivity contribution is 0.208. The number of unbranched alkanes of at least 4 members (excludes halogenated alkanes) is 2. The van der Waals surface area contributed by atoms with Crippen LogP contribution in [0.15, 0.2) is 97.1 Å². The summed E-state index contributed by atoms with van der Waals surface area (Å²) in [6, 6.07) is 35.9. The molecule has 4 aromatic rings. The average Bonchev–Trinajstić information content (AvgIpc) is 3.11. The molecule has 2 aliphatic rings. The highest BCUT2D eigenvalue weighted by Crippen LogP contribution is 2.48. The van der Waals surface area contributed by atoms with Gasteiger partial charge in [0.25, 0.3) is 0 Å². The van der Waals surface area contributed by atoms with Crippen molar-refractivity contribution in [2.75, 3.05) is 11.5 Å². The van der Waals surface area contributed by atoms with E-state index in [9.17, 15) is 0 Å². The third kappa shape index (κ3) is 8.89. The van der Waals surface area contributed by atoms with E-state index in [1.165, 1.54) is 123 Å². The molecule has 2 saturated carbocycles. The Kier molecular flexibility index (Phi) is 11.4. The van der Waals surface area contributed by atoms with Crippen LogP contribution >= 0.6 is 0 Å². The summed E-state index contributed by atoms with van der Waals surface area (Å²) in [4.78, 5) is 0. The van der Waals surface area contributed by atoms with E-state index in [1.807, 2.05) is 24.3 Å². The van der Waals surface area contributed by atoms with E-state index in [2.05, 4.69) is 79.7 Å². The summed E-state index contributed by atoms with van der Waals surface area (Å²) in [5, 5.41) is 0. The number of rotatable bonds is 13. The predicted octanol–water partition coefficient (Wildman–Crippen LogP) is 11.7. The smallest absolute Gasteiger partial charge is 0.0314 e. The van der Waals surface area contributed by atoms with Crippen LogP contribution in [0.4, 0.5) is 11.4 Å². The van der Waals surface area contributed by atoms with Gasteiger partial charge in [0.2, 0.25) is 0 Å². The number of anilines is 2. The maximum absolute atomic E-state index is 5.93. The van der Waals surface area contributed by atoms with Gasteiger partial charge in [-0.1, -0.05) is 144 Å². The summed E-state index contributed by atoms with van der Waals surface area (Å²) >= 11 is 0. The van der Waals surface area contributed by atoms with Gasteiger partial charge in [0.15, 0.2) is 0 Å². The van der Waals surface area contributed by atoms with Crippen molar-refractivity contribution in [3.8, 4) is 0 Å². The van der Waals surface area contributed by atoms with E-state index in [1.54, 1.807) is 0 Å². The monoisotopic (exact) mass is 626 g/mol. The molecule has 0 bridgehead atoms. The molecule has 4 aromatic carbocycles. The number of nitrogen functional groups attached to an aromatic ring is 2. The first-order valence-corrected chi connectivity index (χ1v) is 18.9. The lowest BCUT2D eigenvalue weighted by Crippen LogP contribution is -2.33. The minimum Gasteiger partial charge on any atom is -0.399 e. The highest BCUT2D eigenvalue weighted by atomic mass is 14.5. The Labute approximate surface area is 285 Å². The summed E-state index contributed by atoms with van der Waals surface area (Å²) in [5.74, 6) is 2.87. The first-order valence-electron chi connectivity index (χ1n) is 18.9. The van der Waals surface area contributed by atoms with Crippen molar-refractivity contribution in [1.82, 2.24) is 0 Å². The van der Waals surface area contributed by atoms with Gasteiger partial charge < -0.3 is 11.5 Å². The topological polar surface area (TPSA) is 52.0 Å². The van der Waals surface area contributed by atoms with Gasteiger partial charge in [0.05, 0.1) is 0 Å². The van der Waals surface area contributed by atoms with Crippen molar-refractivity contribution in [2.24, 2.45) is 17.8 Å². The SMILES string of the molecule is CCCCC[C@H]1CC[C@H](CCC2CCC(c3ccc(Cc4ccc(N)cc4)cc3)(c3ccc(Cc4ccc(N)cc4)cc3)CC2)CC1. The van der Waals surface area contributed by atoms with E-state index < -0.39 is 0 Å². The van der Waals surface area contributed by atoms with Gasteiger partial charge in [-0.25, -0.2) is 0 Å². The molecule has 4 N–H and O–H groups in total. The van der Waals surface area contributed by atoms with Gasteiger partial charge in [-0.15, -0.1) is 0 Å². The Morgan fingerprint density at radius 3 is 1.23 bits per heavy atom. The molecule has 2 fully saturated rings. The molecule has 47 heavy (non-hydrogen) atoms. The van der Waals surface area contributed by atoms with E-state index in [0.29, 0.717) is 0 Å². The average molecular weight is 627 g/mol. The molecule has 0 amide bonds. The van der Waals surface area contributed by atoms with E-state index >= 15 is 0 Å². The second kappa shape index (κ2) is 16.1. The number of benzene rings is 4. The Hall–Kier alpha value is -3.52. The zero-order valence-corrected chi connectivity index (χ0v) is 28.9. The Morgan fingerprint density at radius 2 is 0.830 bits per heavy atom. The first kappa shape index (κ1) is 33.4. The van der Waals surface area contributed by atoms with Crippen molar-refractivity contribution in [3.63, 3.8) is 0 Å². The van der Waals surface area contributed by atoms with Crippen LogP contribution in [0, 0.1) is 17.8 Å². The summed E-state index contributed by atoms with van der Waals surface area (Å²) in [6.45, 7) is 2.33. The molecule has 6 rings (SSSR count). The second-order valence-electron chi connectivity index (χ2n) is 15.2. The fourth-order valence-electron chi connectivity index (χ4n) is 8.79.